The lowest BCUT2D eigenvalue weighted by Gasteiger charge is -2.19. The van der Waals surface area contributed by atoms with E-state index in [-0.39, 0.29) is 17.2 Å². The molecule has 2 rings (SSSR count). The molecule has 1 unspecified atom stereocenters. The number of nitrogens with two attached hydrogens (primary N) is 1. The molecule has 0 fully saturated rings. The molecule has 1 atom stereocenters. The smallest absolute Gasteiger partial charge is 0.325 e. The molecule has 1 aliphatic rings. The van der Waals surface area contributed by atoms with E-state index in [9.17, 15) is 9.59 Å². The molecule has 7 nitrogen and oxygen atoms in total. The highest BCUT2D eigenvalue weighted by molar-refractivity contribution is 6.19. The molecule has 0 radical (unpaired) electrons. The number of hydrogen-bond acceptors (Lipinski definition) is 6. The first kappa shape index (κ1) is 11.3. The molecule has 0 bridgehead atoms. The Hall–Kier alpha value is -2.18. The van der Waals surface area contributed by atoms with E-state index in [0.29, 0.717) is 5.82 Å². The van der Waals surface area contributed by atoms with Gasteiger partial charge >= 0.3 is 5.97 Å². The van der Waals surface area contributed by atoms with Crippen molar-refractivity contribution in [2.75, 3.05) is 18.2 Å². The number of rotatable bonds is 1. The number of nitrogens with zero attached hydrogens (tertiary/aromatic N) is 2. The molecule has 0 aliphatic carbocycles. The predicted molar refractivity (Wildman–Crippen MR) is 59.2 cm³/mol. The van der Waals surface area contributed by atoms with Gasteiger partial charge in [-0.15, -0.1) is 0 Å². The summed E-state index contributed by atoms with van der Waals surface area (Å²) in [6, 6.07) is 0. The van der Waals surface area contributed by atoms with E-state index in [1.165, 1.54) is 14.0 Å². The van der Waals surface area contributed by atoms with Crippen molar-refractivity contribution in [3.8, 4) is 0 Å². The highest BCUT2D eigenvalue weighted by atomic mass is 16.5. The number of carbonyl (C=O) groups is 2. The number of nitrogen functional groups attached to an aromatic ring is 1. The molecule has 1 aromatic rings. The van der Waals surface area contributed by atoms with Gasteiger partial charge in [-0.2, -0.15) is 0 Å². The number of amides is 1. The van der Waals surface area contributed by atoms with Gasteiger partial charge < -0.3 is 15.8 Å². The molecule has 1 amide bonds. The van der Waals surface area contributed by atoms with E-state index in [1.54, 1.807) is 6.92 Å². The fraction of sp³-hybridized carbons (Fsp3) is 0.400. The van der Waals surface area contributed by atoms with Crippen LogP contribution in [0.2, 0.25) is 0 Å². The average Bonchev–Trinajstić information content (AvgIpc) is 2.50. The molecule has 1 aliphatic heterocycles. The number of carbonyl (C=O) groups excluding carboxylic acids is 2. The predicted octanol–water partition coefficient (Wildman–Crippen LogP) is -0.250. The third kappa shape index (κ3) is 1.35. The zero-order valence-electron chi connectivity index (χ0n) is 9.70. The van der Waals surface area contributed by atoms with Gasteiger partial charge in [-0.05, 0) is 13.8 Å². The van der Waals surface area contributed by atoms with Gasteiger partial charge in [0.1, 0.15) is 17.5 Å². The van der Waals surface area contributed by atoms with Crippen molar-refractivity contribution in [3.63, 3.8) is 0 Å². The number of hydrogen-bond donors (Lipinski definition) is 2. The van der Waals surface area contributed by atoms with Crippen LogP contribution in [0.5, 0.6) is 0 Å². The van der Waals surface area contributed by atoms with E-state index >= 15 is 0 Å². The van der Waals surface area contributed by atoms with Crippen LogP contribution in [0.1, 0.15) is 18.3 Å². The number of esters is 1. The molecular formula is C10H12N4O3. The van der Waals surface area contributed by atoms with Crippen molar-refractivity contribution in [3.05, 3.63) is 11.4 Å². The summed E-state index contributed by atoms with van der Waals surface area (Å²) < 4.78 is 4.64. The van der Waals surface area contributed by atoms with Crippen LogP contribution in [0.3, 0.4) is 0 Å². The summed E-state index contributed by atoms with van der Waals surface area (Å²) in [5, 5.41) is 2.51. The highest BCUT2D eigenvalue weighted by Gasteiger charge is 2.52. The van der Waals surface area contributed by atoms with Crippen molar-refractivity contribution in [2.24, 2.45) is 0 Å². The van der Waals surface area contributed by atoms with Crippen molar-refractivity contribution < 1.29 is 14.3 Å². The number of methoxy groups -OCH3 is 1. The molecule has 0 aromatic carbocycles. The Morgan fingerprint density at radius 1 is 1.47 bits per heavy atom. The maximum atomic E-state index is 11.9. The topological polar surface area (TPSA) is 107 Å². The maximum Gasteiger partial charge on any atom is 0.325 e. The molecule has 0 spiro atoms. The normalized spacial score (nSPS) is 21.9. The number of aromatic nitrogens is 2. The van der Waals surface area contributed by atoms with Crippen LogP contribution in [0, 0.1) is 6.92 Å². The van der Waals surface area contributed by atoms with E-state index in [0.717, 1.165) is 0 Å². The van der Waals surface area contributed by atoms with Crippen LogP contribution in [0.15, 0.2) is 0 Å². The monoisotopic (exact) mass is 236 g/mol. The lowest BCUT2D eigenvalue weighted by molar-refractivity contribution is -0.150. The minimum absolute atomic E-state index is 0.110. The van der Waals surface area contributed by atoms with Crippen LogP contribution in [-0.2, 0) is 19.7 Å². The van der Waals surface area contributed by atoms with Crippen LogP contribution in [0.4, 0.5) is 11.6 Å². The zero-order valence-corrected chi connectivity index (χ0v) is 9.70. The van der Waals surface area contributed by atoms with Crippen molar-refractivity contribution in [1.29, 1.82) is 0 Å². The third-order valence-corrected chi connectivity index (χ3v) is 2.83. The second-order valence-electron chi connectivity index (χ2n) is 3.95. The number of anilines is 2. The van der Waals surface area contributed by atoms with E-state index in [1.807, 2.05) is 0 Å². The average molecular weight is 236 g/mol. The second kappa shape index (κ2) is 3.41. The summed E-state index contributed by atoms with van der Waals surface area (Å²) in [6.07, 6.45) is 0. The maximum absolute atomic E-state index is 11.9. The fourth-order valence-electron chi connectivity index (χ4n) is 1.92. The Labute approximate surface area is 97.4 Å². The molecule has 90 valence electrons. The van der Waals surface area contributed by atoms with E-state index in [4.69, 9.17) is 5.73 Å². The quantitative estimate of drug-likeness (QED) is 0.514. The Kier molecular flexibility index (Phi) is 2.27. The first-order valence-corrected chi connectivity index (χ1v) is 4.95. The molecule has 2 heterocycles. The van der Waals surface area contributed by atoms with E-state index < -0.39 is 17.3 Å². The van der Waals surface area contributed by atoms with Crippen LogP contribution < -0.4 is 11.1 Å². The number of ether oxygens (including phenoxy) is 1. The van der Waals surface area contributed by atoms with Gasteiger partial charge in [0.05, 0.1) is 12.7 Å². The zero-order chi connectivity index (χ0) is 12.8. The summed E-state index contributed by atoms with van der Waals surface area (Å²) in [7, 11) is 1.21. The second-order valence-corrected chi connectivity index (χ2v) is 3.95. The Morgan fingerprint density at radius 2 is 2.12 bits per heavy atom. The van der Waals surface area contributed by atoms with Crippen molar-refractivity contribution in [1.82, 2.24) is 9.97 Å². The fourth-order valence-corrected chi connectivity index (χ4v) is 1.92. The molecular weight excluding hydrogens is 224 g/mol. The van der Waals surface area contributed by atoms with Gasteiger partial charge in [0.2, 0.25) is 5.91 Å². The largest absolute Gasteiger partial charge is 0.468 e. The highest BCUT2D eigenvalue weighted by Crippen LogP contribution is 2.40. The number of fused-ring (bicyclic) bond motifs is 1. The summed E-state index contributed by atoms with van der Waals surface area (Å²) in [5.41, 5.74) is 4.55. The Bertz CT molecular complexity index is 529. The number of nitrogens with one attached hydrogen (secondary N) is 1. The van der Waals surface area contributed by atoms with Crippen molar-refractivity contribution in [2.45, 2.75) is 19.3 Å². The number of aryl methyl sites for hydroxylation is 1. The third-order valence-electron chi connectivity index (χ3n) is 2.83. The Morgan fingerprint density at radius 3 is 2.71 bits per heavy atom. The summed E-state index contributed by atoms with van der Waals surface area (Å²) in [5.74, 6) is -0.388. The standard InChI is InChI=1S/C10H12N4O3/c1-4-12-6(11)5-7(13-4)14-8(15)10(5,2)9(16)17-3/h1-3H3,(H3,11,12,13,14,15). The molecule has 3 N–H and O–H groups in total. The lowest BCUT2D eigenvalue weighted by atomic mass is 9.84. The first-order chi connectivity index (χ1) is 7.91. The van der Waals surface area contributed by atoms with Gasteiger partial charge in [-0.25, -0.2) is 9.97 Å². The molecule has 17 heavy (non-hydrogen) atoms. The first-order valence-electron chi connectivity index (χ1n) is 4.95. The van der Waals surface area contributed by atoms with Crippen molar-refractivity contribution >= 4 is 23.5 Å². The molecule has 0 saturated heterocycles. The van der Waals surface area contributed by atoms with E-state index in [2.05, 4.69) is 20.0 Å². The van der Waals surface area contributed by atoms with Gasteiger partial charge in [0, 0.05) is 0 Å². The van der Waals surface area contributed by atoms with Gasteiger partial charge in [-0.3, -0.25) is 9.59 Å². The minimum Gasteiger partial charge on any atom is -0.468 e. The van der Waals surface area contributed by atoms with Crippen LogP contribution in [-0.4, -0.2) is 29.0 Å². The Balaban J connectivity index is 2.69. The van der Waals surface area contributed by atoms with Gasteiger partial charge in [0.15, 0.2) is 5.41 Å². The summed E-state index contributed by atoms with van der Waals surface area (Å²) in [4.78, 5) is 31.6. The lowest BCUT2D eigenvalue weighted by Crippen LogP contribution is -2.40. The molecule has 7 heteroatoms. The SMILES string of the molecule is COC(=O)C1(C)C(=O)Nc2nc(C)nc(N)c21. The summed E-state index contributed by atoms with van der Waals surface area (Å²) >= 11 is 0. The van der Waals surface area contributed by atoms with Crippen LogP contribution in [0.25, 0.3) is 0 Å². The minimum atomic E-state index is -1.48. The summed E-state index contributed by atoms with van der Waals surface area (Å²) in [6.45, 7) is 3.09. The van der Waals surface area contributed by atoms with Gasteiger partial charge in [0.25, 0.3) is 0 Å². The molecule has 1 aromatic heterocycles. The van der Waals surface area contributed by atoms with Gasteiger partial charge in [-0.1, -0.05) is 0 Å². The van der Waals surface area contributed by atoms with Crippen LogP contribution >= 0.6 is 0 Å². The molecule has 0 saturated carbocycles.